The summed E-state index contributed by atoms with van der Waals surface area (Å²) in [6, 6.07) is 86.3. The lowest BCUT2D eigenvalue weighted by Crippen LogP contribution is -2.02. The number of rotatable bonds is 7. The highest BCUT2D eigenvalue weighted by atomic mass is 15.1. The lowest BCUT2D eigenvalue weighted by molar-refractivity contribution is 1.07. The normalized spacial score (nSPS) is 11.8. The Bertz CT molecular complexity index is 4240. The average molecular weight is 881 g/mol. The van der Waals surface area contributed by atoms with Gasteiger partial charge in [-0.3, -0.25) is 0 Å². The van der Waals surface area contributed by atoms with Crippen LogP contribution in [0.5, 0.6) is 0 Å². The molecule has 14 aromatic rings. The molecule has 0 unspecified atom stereocenters. The molecule has 0 aliphatic rings. The number of hydrogen-bond acceptors (Lipinski definition) is 3. The molecule has 14 rings (SSSR count). The quantitative estimate of drug-likeness (QED) is 0.160. The Balaban J connectivity index is 0.969. The molecule has 0 N–H and O–H groups in total. The van der Waals surface area contributed by atoms with Gasteiger partial charge in [0.1, 0.15) is 0 Å². The Hall–Kier alpha value is -9.39. The highest BCUT2D eigenvalue weighted by Crippen LogP contribution is 2.42. The molecule has 6 heteroatoms. The van der Waals surface area contributed by atoms with Gasteiger partial charge in [-0.15, -0.1) is 0 Å². The Morgan fingerprint density at radius 1 is 0.217 bits per heavy atom. The van der Waals surface area contributed by atoms with Gasteiger partial charge in [-0.2, -0.15) is 0 Å². The number of aromatic nitrogens is 6. The van der Waals surface area contributed by atoms with Gasteiger partial charge in [0, 0.05) is 66.1 Å². The first-order valence-corrected chi connectivity index (χ1v) is 23.4. The fourth-order valence-corrected chi connectivity index (χ4v) is 10.6. The maximum Gasteiger partial charge on any atom is 0.164 e. The molecule has 322 valence electrons. The number of fused-ring (bicyclic) bond motifs is 10. The predicted molar refractivity (Wildman–Crippen MR) is 285 cm³/mol. The van der Waals surface area contributed by atoms with Crippen LogP contribution in [0.2, 0.25) is 0 Å². The molecule has 0 aliphatic carbocycles. The molecule has 4 aromatic heterocycles. The van der Waals surface area contributed by atoms with E-state index in [0.29, 0.717) is 17.5 Å². The van der Waals surface area contributed by atoms with Crippen LogP contribution < -0.4 is 0 Å². The van der Waals surface area contributed by atoms with Crippen molar-refractivity contribution in [1.82, 2.24) is 28.7 Å². The van der Waals surface area contributed by atoms with E-state index in [2.05, 4.69) is 238 Å². The summed E-state index contributed by atoms with van der Waals surface area (Å²) in [5.41, 5.74) is 15.1. The van der Waals surface area contributed by atoms with E-state index in [0.717, 1.165) is 66.9 Å². The average Bonchev–Trinajstić information content (AvgIpc) is 4.07. The molecule has 10 aromatic carbocycles. The van der Waals surface area contributed by atoms with Crippen molar-refractivity contribution in [2.24, 2.45) is 0 Å². The molecule has 0 saturated heterocycles. The van der Waals surface area contributed by atoms with Crippen molar-refractivity contribution < 1.29 is 0 Å². The smallest absolute Gasteiger partial charge is 0.164 e. The molecule has 0 spiro atoms. The fraction of sp³-hybridized carbons (Fsp3) is 0. The fourth-order valence-electron chi connectivity index (χ4n) is 10.6. The summed E-state index contributed by atoms with van der Waals surface area (Å²) in [6.07, 6.45) is 0. The second-order valence-electron chi connectivity index (χ2n) is 17.6. The van der Waals surface area contributed by atoms with Gasteiger partial charge in [0.25, 0.3) is 0 Å². The van der Waals surface area contributed by atoms with Crippen LogP contribution in [-0.4, -0.2) is 28.7 Å². The van der Waals surface area contributed by atoms with E-state index >= 15 is 0 Å². The highest BCUT2D eigenvalue weighted by molar-refractivity contribution is 6.24. The van der Waals surface area contributed by atoms with Gasteiger partial charge >= 0.3 is 0 Å². The second kappa shape index (κ2) is 15.6. The molecule has 4 heterocycles. The molecule has 0 radical (unpaired) electrons. The first kappa shape index (κ1) is 38.8. The van der Waals surface area contributed by atoms with E-state index in [1.807, 2.05) is 18.2 Å². The van der Waals surface area contributed by atoms with E-state index in [1.165, 1.54) is 43.4 Å². The minimum Gasteiger partial charge on any atom is -0.309 e. The van der Waals surface area contributed by atoms with Crippen LogP contribution in [0, 0.1) is 0 Å². The lowest BCUT2D eigenvalue weighted by atomic mass is 10.1. The molecular formula is C63H40N6. The molecule has 0 fully saturated rings. The van der Waals surface area contributed by atoms with E-state index in [1.54, 1.807) is 0 Å². The van der Waals surface area contributed by atoms with Crippen molar-refractivity contribution in [3.05, 3.63) is 243 Å². The van der Waals surface area contributed by atoms with Gasteiger partial charge in [-0.1, -0.05) is 182 Å². The topological polar surface area (TPSA) is 53.5 Å². The summed E-state index contributed by atoms with van der Waals surface area (Å²) >= 11 is 0. The Morgan fingerprint density at radius 3 is 1.06 bits per heavy atom. The van der Waals surface area contributed by atoms with Gasteiger partial charge in [0.2, 0.25) is 0 Å². The summed E-state index contributed by atoms with van der Waals surface area (Å²) in [5, 5.41) is 7.22. The first-order chi connectivity index (χ1) is 34.2. The van der Waals surface area contributed by atoms with Crippen molar-refractivity contribution in [1.29, 1.82) is 0 Å². The minimum atomic E-state index is 0.599. The Kier molecular flexibility index (Phi) is 8.79. The number of benzene rings is 10. The third-order valence-electron chi connectivity index (χ3n) is 13.7. The Morgan fingerprint density at radius 2 is 0.565 bits per heavy atom. The van der Waals surface area contributed by atoms with Crippen molar-refractivity contribution in [2.75, 3.05) is 0 Å². The lowest BCUT2D eigenvalue weighted by Gasteiger charge is -2.14. The van der Waals surface area contributed by atoms with Gasteiger partial charge in [0.05, 0.1) is 33.1 Å². The van der Waals surface area contributed by atoms with Crippen molar-refractivity contribution >= 4 is 65.4 Å². The standard InChI is InChI=1S/C63H40N6/c1-3-17-41(18-4-1)42-33-35-46(36-34-42)68-57-31-13-9-27-51(57)53-37-38-54-52-28-10-14-32-58(52)69(60(54)59(53)68)48-24-16-22-45(40-48)63-65-61(43-19-5-2-6-20-43)64-62(66-63)44-21-15-23-47(39-44)67-55-29-11-7-25-49(55)50-26-8-12-30-56(50)67/h1-40H. The van der Waals surface area contributed by atoms with Crippen molar-refractivity contribution in [2.45, 2.75) is 0 Å². The van der Waals surface area contributed by atoms with Crippen molar-refractivity contribution in [3.63, 3.8) is 0 Å². The van der Waals surface area contributed by atoms with E-state index in [-0.39, 0.29) is 0 Å². The first-order valence-electron chi connectivity index (χ1n) is 23.4. The molecule has 0 saturated carbocycles. The van der Waals surface area contributed by atoms with E-state index < -0.39 is 0 Å². The van der Waals surface area contributed by atoms with Crippen LogP contribution in [-0.2, 0) is 0 Å². The predicted octanol–water partition coefficient (Wildman–Crippen LogP) is 15.8. The van der Waals surface area contributed by atoms with Gasteiger partial charge in [-0.25, -0.2) is 15.0 Å². The van der Waals surface area contributed by atoms with Gasteiger partial charge in [-0.05, 0) is 71.8 Å². The number of hydrogen-bond donors (Lipinski definition) is 0. The maximum atomic E-state index is 5.31. The monoisotopic (exact) mass is 880 g/mol. The minimum absolute atomic E-state index is 0.599. The third-order valence-corrected chi connectivity index (χ3v) is 13.7. The molecule has 0 atom stereocenters. The van der Waals surface area contributed by atoms with Crippen LogP contribution in [0.25, 0.3) is 128 Å². The Labute approximate surface area is 397 Å². The zero-order chi connectivity index (χ0) is 45.4. The van der Waals surface area contributed by atoms with Crippen LogP contribution in [0.4, 0.5) is 0 Å². The van der Waals surface area contributed by atoms with Gasteiger partial charge in [0.15, 0.2) is 17.5 Å². The van der Waals surface area contributed by atoms with Crippen LogP contribution in [0.1, 0.15) is 0 Å². The number of para-hydroxylation sites is 4. The van der Waals surface area contributed by atoms with Crippen LogP contribution in [0.3, 0.4) is 0 Å². The maximum absolute atomic E-state index is 5.31. The zero-order valence-corrected chi connectivity index (χ0v) is 37.3. The highest BCUT2D eigenvalue weighted by Gasteiger charge is 2.22. The summed E-state index contributed by atoms with van der Waals surface area (Å²) < 4.78 is 7.21. The molecule has 0 amide bonds. The molecule has 69 heavy (non-hydrogen) atoms. The largest absolute Gasteiger partial charge is 0.309 e. The summed E-state index contributed by atoms with van der Waals surface area (Å²) in [6.45, 7) is 0. The van der Waals surface area contributed by atoms with E-state index in [9.17, 15) is 0 Å². The SMILES string of the molecule is c1ccc(-c2ccc(-n3c4ccccc4c4ccc5c6ccccc6n(-c6cccc(-c7nc(-c8ccccc8)nc(-c8cccc(-n9c%10ccccc%10c%10ccccc%109)c8)n7)c6)c5c43)cc2)cc1. The van der Waals surface area contributed by atoms with Gasteiger partial charge < -0.3 is 13.7 Å². The van der Waals surface area contributed by atoms with Crippen LogP contribution in [0.15, 0.2) is 243 Å². The number of nitrogens with zero attached hydrogens (tertiary/aromatic N) is 6. The molecule has 0 aliphatic heterocycles. The third kappa shape index (κ3) is 6.23. The summed E-state index contributed by atoms with van der Waals surface area (Å²) in [5.74, 6) is 1.82. The summed E-state index contributed by atoms with van der Waals surface area (Å²) in [4.78, 5) is 15.7. The van der Waals surface area contributed by atoms with E-state index in [4.69, 9.17) is 15.0 Å². The molecule has 0 bridgehead atoms. The summed E-state index contributed by atoms with van der Waals surface area (Å²) in [7, 11) is 0. The second-order valence-corrected chi connectivity index (χ2v) is 17.6. The molecular weight excluding hydrogens is 841 g/mol. The van der Waals surface area contributed by atoms with Crippen molar-refractivity contribution in [3.8, 4) is 62.4 Å². The van der Waals surface area contributed by atoms with Crippen LogP contribution >= 0.6 is 0 Å². The zero-order valence-electron chi connectivity index (χ0n) is 37.3. The molecule has 6 nitrogen and oxygen atoms in total.